The van der Waals surface area contributed by atoms with Crippen LogP contribution in [0.2, 0.25) is 5.02 Å². The summed E-state index contributed by atoms with van der Waals surface area (Å²) in [6.45, 7) is 12.5. The fourth-order valence-electron chi connectivity index (χ4n) is 3.34. The molecule has 1 aliphatic heterocycles. The molecule has 1 heterocycles. The average molecular weight is 467 g/mol. The minimum atomic E-state index is -0.724. The molecular formula is C24H35ClN2O5. The number of esters is 1. The number of benzene rings is 1. The summed E-state index contributed by atoms with van der Waals surface area (Å²) in [5, 5.41) is 5.99. The zero-order valence-electron chi connectivity index (χ0n) is 19.8. The SMILES string of the molecule is CCCCC1=C(C(=O)OC(C)C)C(c2cc(Cl)c(OCC(C)C)c(OCC)c2)NC(=O)N1. The summed E-state index contributed by atoms with van der Waals surface area (Å²) < 4.78 is 17.2. The Morgan fingerprint density at radius 2 is 1.88 bits per heavy atom. The van der Waals surface area contributed by atoms with Gasteiger partial charge in [0, 0.05) is 5.70 Å². The Kier molecular flexibility index (Phi) is 9.69. The zero-order chi connectivity index (χ0) is 23.8. The second-order valence-corrected chi connectivity index (χ2v) is 8.86. The second kappa shape index (κ2) is 12.0. The van der Waals surface area contributed by atoms with Gasteiger partial charge >= 0.3 is 12.0 Å². The van der Waals surface area contributed by atoms with Crippen LogP contribution >= 0.6 is 11.6 Å². The maximum Gasteiger partial charge on any atom is 0.338 e. The minimum absolute atomic E-state index is 0.296. The number of halogens is 1. The van der Waals surface area contributed by atoms with Crippen LogP contribution in [-0.2, 0) is 9.53 Å². The highest BCUT2D eigenvalue weighted by Gasteiger charge is 2.35. The molecule has 178 valence electrons. The third-order valence-corrected chi connectivity index (χ3v) is 5.00. The molecular weight excluding hydrogens is 432 g/mol. The first-order valence-electron chi connectivity index (χ1n) is 11.3. The van der Waals surface area contributed by atoms with Crippen LogP contribution in [0.5, 0.6) is 11.5 Å². The van der Waals surface area contributed by atoms with Gasteiger partial charge in [-0.3, -0.25) is 0 Å². The lowest BCUT2D eigenvalue weighted by molar-refractivity contribution is -0.143. The molecule has 32 heavy (non-hydrogen) atoms. The normalized spacial score (nSPS) is 16.2. The molecule has 0 saturated heterocycles. The Morgan fingerprint density at radius 1 is 1.16 bits per heavy atom. The Hall–Kier alpha value is -2.41. The van der Waals surface area contributed by atoms with Gasteiger partial charge in [0.25, 0.3) is 0 Å². The molecule has 7 nitrogen and oxygen atoms in total. The number of nitrogens with one attached hydrogen (secondary N) is 2. The van der Waals surface area contributed by atoms with Crippen molar-refractivity contribution in [2.45, 2.75) is 73.0 Å². The number of hydrogen-bond donors (Lipinski definition) is 2. The average Bonchev–Trinajstić information content (AvgIpc) is 2.70. The number of unbranched alkanes of at least 4 members (excludes halogenated alkanes) is 1. The first-order valence-corrected chi connectivity index (χ1v) is 11.7. The number of allylic oxidation sites excluding steroid dienone is 1. The van der Waals surface area contributed by atoms with Crippen molar-refractivity contribution in [3.8, 4) is 11.5 Å². The number of carbonyl (C=O) groups excluding carboxylic acids is 2. The Balaban J connectivity index is 2.57. The van der Waals surface area contributed by atoms with Crippen LogP contribution in [0.4, 0.5) is 4.79 Å². The van der Waals surface area contributed by atoms with Gasteiger partial charge in [-0.15, -0.1) is 0 Å². The number of hydrogen-bond acceptors (Lipinski definition) is 5. The van der Waals surface area contributed by atoms with Gasteiger partial charge < -0.3 is 24.8 Å². The van der Waals surface area contributed by atoms with E-state index in [1.54, 1.807) is 26.0 Å². The minimum Gasteiger partial charge on any atom is -0.490 e. The highest BCUT2D eigenvalue weighted by Crippen LogP contribution is 2.41. The fraction of sp³-hybridized carbons (Fsp3) is 0.583. The van der Waals surface area contributed by atoms with Crippen molar-refractivity contribution in [1.82, 2.24) is 10.6 Å². The van der Waals surface area contributed by atoms with Gasteiger partial charge in [-0.25, -0.2) is 9.59 Å². The van der Waals surface area contributed by atoms with Gasteiger partial charge in [0.1, 0.15) is 0 Å². The van der Waals surface area contributed by atoms with Crippen LogP contribution in [0.25, 0.3) is 0 Å². The number of rotatable bonds is 11. The first-order chi connectivity index (χ1) is 15.2. The molecule has 0 radical (unpaired) electrons. The van der Waals surface area contributed by atoms with Gasteiger partial charge in [-0.2, -0.15) is 0 Å². The summed E-state index contributed by atoms with van der Waals surface area (Å²) in [5.41, 5.74) is 1.57. The summed E-state index contributed by atoms with van der Waals surface area (Å²) in [4.78, 5) is 25.5. The van der Waals surface area contributed by atoms with E-state index in [-0.39, 0.29) is 12.1 Å². The lowest BCUT2D eigenvalue weighted by atomic mass is 9.93. The predicted octanol–water partition coefficient (Wildman–Crippen LogP) is 5.52. The van der Waals surface area contributed by atoms with E-state index in [0.29, 0.717) is 58.9 Å². The zero-order valence-corrected chi connectivity index (χ0v) is 20.6. The third kappa shape index (κ3) is 6.79. The summed E-state index contributed by atoms with van der Waals surface area (Å²) in [6.07, 6.45) is 2.01. The maximum atomic E-state index is 13.1. The van der Waals surface area contributed by atoms with E-state index in [0.717, 1.165) is 12.8 Å². The van der Waals surface area contributed by atoms with Crippen molar-refractivity contribution < 1.29 is 23.8 Å². The highest BCUT2D eigenvalue weighted by atomic mass is 35.5. The van der Waals surface area contributed by atoms with Crippen LogP contribution in [0.3, 0.4) is 0 Å². The number of ether oxygens (including phenoxy) is 3. The Labute approximate surface area is 195 Å². The van der Waals surface area contributed by atoms with E-state index < -0.39 is 12.0 Å². The lowest BCUT2D eigenvalue weighted by Crippen LogP contribution is -2.46. The molecule has 1 aromatic carbocycles. The maximum absolute atomic E-state index is 13.1. The number of urea groups is 1. The molecule has 1 unspecified atom stereocenters. The highest BCUT2D eigenvalue weighted by molar-refractivity contribution is 6.32. The van der Waals surface area contributed by atoms with E-state index in [1.807, 2.05) is 20.8 Å². The molecule has 2 N–H and O–H groups in total. The van der Waals surface area contributed by atoms with Crippen LogP contribution in [0.1, 0.15) is 72.4 Å². The molecule has 0 aromatic heterocycles. The molecule has 0 fully saturated rings. The lowest BCUT2D eigenvalue weighted by Gasteiger charge is -2.30. The fourth-order valence-corrected chi connectivity index (χ4v) is 3.62. The van der Waals surface area contributed by atoms with Gasteiger partial charge in [0.2, 0.25) is 0 Å². The molecule has 0 bridgehead atoms. The molecule has 1 aliphatic rings. The van der Waals surface area contributed by atoms with Crippen molar-refractivity contribution in [3.05, 3.63) is 34.0 Å². The standard InChI is InChI=1S/C24H35ClN2O5/c1-7-9-10-18-20(23(28)32-15(5)6)21(27-24(29)26-18)16-11-17(25)22(31-13-14(3)4)19(12-16)30-8-2/h11-12,14-15,21H,7-10,13H2,1-6H3,(H2,26,27,29). The number of amides is 2. The predicted molar refractivity (Wildman–Crippen MR) is 125 cm³/mol. The third-order valence-electron chi connectivity index (χ3n) is 4.72. The van der Waals surface area contributed by atoms with Crippen LogP contribution in [0.15, 0.2) is 23.4 Å². The van der Waals surface area contributed by atoms with Crippen molar-refractivity contribution in [1.29, 1.82) is 0 Å². The van der Waals surface area contributed by atoms with Crippen LogP contribution in [-0.4, -0.2) is 31.3 Å². The van der Waals surface area contributed by atoms with Gasteiger partial charge in [0.15, 0.2) is 11.5 Å². The van der Waals surface area contributed by atoms with Gasteiger partial charge in [0.05, 0.1) is 36.0 Å². The van der Waals surface area contributed by atoms with E-state index in [1.165, 1.54) is 0 Å². The molecule has 0 saturated carbocycles. The topological polar surface area (TPSA) is 85.9 Å². The van der Waals surface area contributed by atoms with Crippen molar-refractivity contribution in [2.75, 3.05) is 13.2 Å². The molecule has 2 rings (SSSR count). The van der Waals surface area contributed by atoms with E-state index >= 15 is 0 Å². The summed E-state index contributed by atoms with van der Waals surface area (Å²) >= 11 is 6.58. The second-order valence-electron chi connectivity index (χ2n) is 8.45. The van der Waals surface area contributed by atoms with Gasteiger partial charge in [-0.1, -0.05) is 38.8 Å². The summed E-state index contributed by atoms with van der Waals surface area (Å²) in [7, 11) is 0. The molecule has 1 atom stereocenters. The summed E-state index contributed by atoms with van der Waals surface area (Å²) in [6, 6.07) is 2.37. The van der Waals surface area contributed by atoms with Crippen LogP contribution in [0, 0.1) is 5.92 Å². The Morgan fingerprint density at radius 3 is 2.47 bits per heavy atom. The van der Waals surface area contributed by atoms with Crippen molar-refractivity contribution in [2.24, 2.45) is 5.92 Å². The van der Waals surface area contributed by atoms with E-state index in [4.69, 9.17) is 25.8 Å². The molecule has 1 aromatic rings. The van der Waals surface area contributed by atoms with Crippen molar-refractivity contribution in [3.63, 3.8) is 0 Å². The first kappa shape index (κ1) is 25.8. The molecule has 0 aliphatic carbocycles. The summed E-state index contributed by atoms with van der Waals surface area (Å²) in [5.74, 6) is 0.756. The quantitative estimate of drug-likeness (QED) is 0.419. The van der Waals surface area contributed by atoms with Crippen LogP contribution < -0.4 is 20.1 Å². The molecule has 2 amide bonds. The largest absolute Gasteiger partial charge is 0.490 e. The molecule has 8 heteroatoms. The number of carbonyl (C=O) groups is 2. The van der Waals surface area contributed by atoms with E-state index in [2.05, 4.69) is 17.6 Å². The van der Waals surface area contributed by atoms with Gasteiger partial charge in [-0.05, 0) is 57.2 Å². The smallest absolute Gasteiger partial charge is 0.338 e. The van der Waals surface area contributed by atoms with Crippen molar-refractivity contribution >= 4 is 23.6 Å². The Bertz CT molecular complexity index is 851. The monoisotopic (exact) mass is 466 g/mol. The van der Waals surface area contributed by atoms with E-state index in [9.17, 15) is 9.59 Å². The molecule has 0 spiro atoms.